The predicted octanol–water partition coefficient (Wildman–Crippen LogP) is 2.87. The van der Waals surface area contributed by atoms with Crippen LogP contribution in [-0.4, -0.2) is 42.8 Å². The molecule has 0 radical (unpaired) electrons. The minimum Gasteiger partial charge on any atom is -0.497 e. The Morgan fingerprint density at radius 2 is 2.17 bits per heavy atom. The van der Waals surface area contributed by atoms with Crippen molar-refractivity contribution in [3.8, 4) is 11.5 Å². The van der Waals surface area contributed by atoms with E-state index in [1.54, 1.807) is 7.11 Å². The van der Waals surface area contributed by atoms with E-state index in [4.69, 9.17) is 14.2 Å². The van der Waals surface area contributed by atoms with Gasteiger partial charge in [0.15, 0.2) is 0 Å². The lowest BCUT2D eigenvalue weighted by atomic mass is 10.1. The molecule has 0 bridgehead atoms. The SMILES string of the molecule is CCOC1C(C)C1C(=O)N1Cc2ccc(OC)cc2OC(C)(C)C1. The Morgan fingerprint density at radius 1 is 1.42 bits per heavy atom. The van der Waals surface area contributed by atoms with Crippen molar-refractivity contribution in [2.24, 2.45) is 11.8 Å². The van der Waals surface area contributed by atoms with Crippen molar-refractivity contribution < 1.29 is 19.0 Å². The van der Waals surface area contributed by atoms with Crippen LogP contribution in [0.25, 0.3) is 0 Å². The van der Waals surface area contributed by atoms with Crippen LogP contribution >= 0.6 is 0 Å². The predicted molar refractivity (Wildman–Crippen MR) is 91.2 cm³/mol. The molecule has 0 aromatic heterocycles. The summed E-state index contributed by atoms with van der Waals surface area (Å²) in [4.78, 5) is 14.9. The maximum absolute atomic E-state index is 13.0. The van der Waals surface area contributed by atoms with Crippen LogP contribution in [0.3, 0.4) is 0 Å². The Bertz CT molecular complexity index is 628. The molecule has 5 heteroatoms. The molecular formula is C19H27NO4. The van der Waals surface area contributed by atoms with Crippen LogP contribution in [-0.2, 0) is 16.1 Å². The third-order valence-corrected chi connectivity index (χ3v) is 4.85. The number of rotatable bonds is 4. The molecule has 0 spiro atoms. The van der Waals surface area contributed by atoms with Gasteiger partial charge in [0.1, 0.15) is 17.1 Å². The summed E-state index contributed by atoms with van der Waals surface area (Å²) in [5, 5.41) is 0. The maximum Gasteiger partial charge on any atom is 0.229 e. The number of carbonyl (C=O) groups excluding carboxylic acids is 1. The smallest absolute Gasteiger partial charge is 0.229 e. The number of methoxy groups -OCH3 is 1. The zero-order chi connectivity index (χ0) is 17.5. The minimum absolute atomic E-state index is 0.0273. The Balaban J connectivity index is 1.83. The fourth-order valence-corrected chi connectivity index (χ4v) is 3.54. The highest BCUT2D eigenvalue weighted by atomic mass is 16.5. The molecule has 1 amide bonds. The largest absolute Gasteiger partial charge is 0.497 e. The van der Waals surface area contributed by atoms with Gasteiger partial charge in [0.05, 0.1) is 25.7 Å². The number of hydrogen-bond donors (Lipinski definition) is 0. The Hall–Kier alpha value is -1.75. The quantitative estimate of drug-likeness (QED) is 0.850. The molecule has 2 aliphatic rings. The van der Waals surface area contributed by atoms with E-state index in [0.29, 0.717) is 25.6 Å². The Kier molecular flexibility index (Phi) is 4.47. The third kappa shape index (κ3) is 3.22. The van der Waals surface area contributed by atoms with Gasteiger partial charge in [-0.2, -0.15) is 0 Å². The van der Waals surface area contributed by atoms with Crippen molar-refractivity contribution in [1.29, 1.82) is 0 Å². The molecule has 0 N–H and O–H groups in total. The summed E-state index contributed by atoms with van der Waals surface area (Å²) in [7, 11) is 1.64. The van der Waals surface area contributed by atoms with E-state index in [-0.39, 0.29) is 17.9 Å². The van der Waals surface area contributed by atoms with Crippen LogP contribution in [0.4, 0.5) is 0 Å². The molecule has 1 saturated carbocycles. The third-order valence-electron chi connectivity index (χ3n) is 4.85. The molecule has 5 nitrogen and oxygen atoms in total. The number of fused-ring (bicyclic) bond motifs is 1. The maximum atomic E-state index is 13.0. The molecule has 1 heterocycles. The first-order valence-corrected chi connectivity index (χ1v) is 8.62. The van der Waals surface area contributed by atoms with Gasteiger partial charge in [0.2, 0.25) is 5.91 Å². The van der Waals surface area contributed by atoms with Crippen LogP contribution < -0.4 is 9.47 Å². The van der Waals surface area contributed by atoms with Gasteiger partial charge in [-0.1, -0.05) is 6.92 Å². The molecule has 1 fully saturated rings. The summed E-state index contributed by atoms with van der Waals surface area (Å²) < 4.78 is 17.1. The summed E-state index contributed by atoms with van der Waals surface area (Å²) in [6, 6.07) is 5.78. The summed E-state index contributed by atoms with van der Waals surface area (Å²) in [6.45, 7) is 9.85. The van der Waals surface area contributed by atoms with Crippen molar-refractivity contribution in [3.63, 3.8) is 0 Å². The fourth-order valence-electron chi connectivity index (χ4n) is 3.54. The zero-order valence-electron chi connectivity index (χ0n) is 15.2. The highest BCUT2D eigenvalue weighted by molar-refractivity contribution is 5.83. The standard InChI is InChI=1S/C19H27NO4/c1-6-23-17-12(2)16(17)18(21)20-10-13-7-8-14(22-5)9-15(13)24-19(3,4)11-20/h7-9,12,16-17H,6,10-11H2,1-5H3. The second-order valence-corrected chi connectivity index (χ2v) is 7.33. The molecule has 132 valence electrons. The van der Waals surface area contributed by atoms with Crippen molar-refractivity contribution in [2.75, 3.05) is 20.3 Å². The molecule has 1 aromatic carbocycles. The van der Waals surface area contributed by atoms with Gasteiger partial charge in [0.25, 0.3) is 0 Å². The summed E-state index contributed by atoms with van der Waals surface area (Å²) >= 11 is 0. The van der Waals surface area contributed by atoms with E-state index in [0.717, 1.165) is 17.1 Å². The van der Waals surface area contributed by atoms with Crippen LogP contribution in [0.2, 0.25) is 0 Å². The van der Waals surface area contributed by atoms with Crippen LogP contribution in [0.1, 0.15) is 33.3 Å². The number of hydrogen-bond acceptors (Lipinski definition) is 4. The van der Waals surface area contributed by atoms with Crippen molar-refractivity contribution in [1.82, 2.24) is 4.90 Å². The molecule has 1 aliphatic carbocycles. The normalized spacial score (nSPS) is 27.7. The topological polar surface area (TPSA) is 48.0 Å². The first-order valence-electron chi connectivity index (χ1n) is 8.62. The Labute approximate surface area is 143 Å². The highest BCUT2D eigenvalue weighted by Gasteiger charge is 2.54. The first kappa shape index (κ1) is 17.1. The second kappa shape index (κ2) is 6.28. The van der Waals surface area contributed by atoms with E-state index in [9.17, 15) is 4.79 Å². The lowest BCUT2D eigenvalue weighted by molar-refractivity contribution is -0.136. The molecular weight excluding hydrogens is 306 g/mol. The van der Waals surface area contributed by atoms with E-state index in [2.05, 4.69) is 6.92 Å². The summed E-state index contributed by atoms with van der Waals surface area (Å²) in [5.41, 5.74) is 0.558. The van der Waals surface area contributed by atoms with Crippen molar-refractivity contribution in [3.05, 3.63) is 23.8 Å². The van der Waals surface area contributed by atoms with E-state index >= 15 is 0 Å². The number of benzene rings is 1. The van der Waals surface area contributed by atoms with Gasteiger partial charge in [-0.3, -0.25) is 4.79 Å². The molecule has 1 aliphatic heterocycles. The van der Waals surface area contributed by atoms with Gasteiger partial charge in [-0.05, 0) is 38.8 Å². The molecule has 3 rings (SSSR count). The molecule has 3 unspecified atom stereocenters. The second-order valence-electron chi connectivity index (χ2n) is 7.33. The summed E-state index contributed by atoms with van der Waals surface area (Å²) in [6.07, 6.45) is 0.0603. The summed E-state index contributed by atoms with van der Waals surface area (Å²) in [5.74, 6) is 1.98. The molecule has 0 saturated heterocycles. The molecule has 24 heavy (non-hydrogen) atoms. The zero-order valence-corrected chi connectivity index (χ0v) is 15.2. The van der Waals surface area contributed by atoms with Crippen molar-refractivity contribution in [2.45, 2.75) is 45.9 Å². The minimum atomic E-state index is -0.452. The number of carbonyl (C=O) groups is 1. The van der Waals surface area contributed by atoms with Crippen LogP contribution in [0.15, 0.2) is 18.2 Å². The van der Waals surface area contributed by atoms with Gasteiger partial charge >= 0.3 is 0 Å². The van der Waals surface area contributed by atoms with E-state index in [1.165, 1.54) is 0 Å². The average molecular weight is 333 g/mol. The number of amides is 1. The lowest BCUT2D eigenvalue weighted by Gasteiger charge is -2.29. The van der Waals surface area contributed by atoms with Crippen LogP contribution in [0, 0.1) is 11.8 Å². The van der Waals surface area contributed by atoms with E-state index < -0.39 is 5.60 Å². The van der Waals surface area contributed by atoms with E-state index in [1.807, 2.05) is 43.9 Å². The molecule has 1 aromatic rings. The van der Waals surface area contributed by atoms with Gasteiger partial charge < -0.3 is 19.1 Å². The molecule has 3 atom stereocenters. The monoisotopic (exact) mass is 333 g/mol. The number of nitrogens with zero attached hydrogens (tertiary/aromatic N) is 1. The first-order chi connectivity index (χ1) is 11.4. The van der Waals surface area contributed by atoms with Gasteiger partial charge in [-0.25, -0.2) is 0 Å². The van der Waals surface area contributed by atoms with Crippen LogP contribution in [0.5, 0.6) is 11.5 Å². The average Bonchev–Trinajstić information content (AvgIpc) is 3.19. The highest BCUT2D eigenvalue weighted by Crippen LogP contribution is 2.44. The van der Waals surface area contributed by atoms with Gasteiger partial charge in [0, 0.05) is 24.8 Å². The Morgan fingerprint density at radius 3 is 2.83 bits per heavy atom. The number of ether oxygens (including phenoxy) is 3. The lowest BCUT2D eigenvalue weighted by Crippen LogP contribution is -2.44. The van der Waals surface area contributed by atoms with Crippen molar-refractivity contribution >= 4 is 5.91 Å². The fraction of sp³-hybridized carbons (Fsp3) is 0.632. The van der Waals surface area contributed by atoms with Gasteiger partial charge in [-0.15, -0.1) is 0 Å².